The molecule has 7 nitrogen and oxygen atoms in total. The fourth-order valence-corrected chi connectivity index (χ4v) is 6.00. The van der Waals surface area contributed by atoms with Gasteiger partial charge in [-0.3, -0.25) is 14.4 Å². The van der Waals surface area contributed by atoms with Gasteiger partial charge in [-0.1, -0.05) is 77.8 Å². The predicted molar refractivity (Wildman–Crippen MR) is 190 cm³/mol. The summed E-state index contributed by atoms with van der Waals surface area (Å²) in [7, 11) is 1.59. The van der Waals surface area contributed by atoms with Gasteiger partial charge in [0.1, 0.15) is 16.7 Å². The number of methoxy groups -OCH3 is 1. The highest BCUT2D eigenvalue weighted by Crippen LogP contribution is 2.37. The molecule has 236 valence electrons. The molecule has 0 aliphatic heterocycles. The van der Waals surface area contributed by atoms with Crippen molar-refractivity contribution >= 4 is 70.1 Å². The number of amides is 3. The van der Waals surface area contributed by atoms with Crippen molar-refractivity contribution in [3.63, 3.8) is 0 Å². The van der Waals surface area contributed by atoms with Gasteiger partial charge in [-0.05, 0) is 84.4 Å². The number of ether oxygens (including phenoxy) is 1. The Bertz CT molecular complexity index is 1870. The number of halogens is 2. The average Bonchev–Trinajstić information content (AvgIpc) is 3.10. The fourth-order valence-electron chi connectivity index (χ4n) is 4.47. The first-order valence-electron chi connectivity index (χ1n) is 14.4. The normalized spacial score (nSPS) is 11.7. The molecule has 0 saturated heterocycles. The van der Waals surface area contributed by atoms with Crippen molar-refractivity contribution in [2.24, 2.45) is 0 Å². The van der Waals surface area contributed by atoms with E-state index in [0.717, 1.165) is 10.5 Å². The molecule has 0 heterocycles. The molecule has 5 rings (SSSR count). The van der Waals surface area contributed by atoms with Crippen LogP contribution in [0.15, 0.2) is 138 Å². The summed E-state index contributed by atoms with van der Waals surface area (Å²) in [6, 6.07) is 37.2. The summed E-state index contributed by atoms with van der Waals surface area (Å²) in [6.07, 6.45) is 1.44. The highest BCUT2D eigenvalue weighted by molar-refractivity contribution is 8.00. The van der Waals surface area contributed by atoms with E-state index < -0.39 is 17.1 Å². The minimum absolute atomic E-state index is 0.0494. The van der Waals surface area contributed by atoms with Gasteiger partial charge in [0.15, 0.2) is 0 Å². The van der Waals surface area contributed by atoms with E-state index in [1.54, 1.807) is 92.0 Å². The van der Waals surface area contributed by atoms with Gasteiger partial charge in [0, 0.05) is 37.4 Å². The van der Waals surface area contributed by atoms with Crippen molar-refractivity contribution in [1.29, 1.82) is 0 Å². The molecule has 5 aromatic rings. The molecule has 3 N–H and O–H groups in total. The maximum Gasteiger partial charge on any atom is 0.272 e. The van der Waals surface area contributed by atoms with E-state index in [1.807, 2.05) is 42.5 Å². The van der Waals surface area contributed by atoms with Gasteiger partial charge < -0.3 is 20.7 Å². The van der Waals surface area contributed by atoms with E-state index in [-0.39, 0.29) is 11.6 Å². The Morgan fingerprint density at radius 1 is 0.702 bits per heavy atom. The molecule has 1 atom stereocenters. The van der Waals surface area contributed by atoms with Crippen LogP contribution in [-0.2, 0) is 9.59 Å². The first-order chi connectivity index (χ1) is 22.8. The van der Waals surface area contributed by atoms with Crippen LogP contribution < -0.4 is 20.7 Å². The first-order valence-corrected chi connectivity index (χ1v) is 16.0. The lowest BCUT2D eigenvalue weighted by Crippen LogP contribution is -2.30. The Hall–Kier alpha value is -5.02. The Morgan fingerprint density at radius 2 is 1.28 bits per heavy atom. The third kappa shape index (κ3) is 9.04. The maximum absolute atomic E-state index is 13.5. The molecule has 0 spiro atoms. The summed E-state index contributed by atoms with van der Waals surface area (Å²) in [5.74, 6) is -0.544. The van der Waals surface area contributed by atoms with Crippen LogP contribution in [0.5, 0.6) is 5.75 Å². The van der Waals surface area contributed by atoms with E-state index in [9.17, 15) is 14.4 Å². The van der Waals surface area contributed by atoms with Crippen LogP contribution in [-0.4, -0.2) is 24.8 Å². The summed E-state index contributed by atoms with van der Waals surface area (Å²) in [6.45, 7) is 0. The Morgan fingerprint density at radius 3 is 1.89 bits per heavy atom. The molecule has 0 saturated carbocycles. The van der Waals surface area contributed by atoms with Gasteiger partial charge in [0.05, 0.1) is 7.11 Å². The average molecular weight is 683 g/mol. The van der Waals surface area contributed by atoms with E-state index in [2.05, 4.69) is 16.0 Å². The van der Waals surface area contributed by atoms with Crippen molar-refractivity contribution in [2.45, 2.75) is 10.1 Å². The van der Waals surface area contributed by atoms with Gasteiger partial charge in [0.2, 0.25) is 5.91 Å². The van der Waals surface area contributed by atoms with Crippen LogP contribution in [0.4, 0.5) is 11.4 Å². The van der Waals surface area contributed by atoms with Crippen molar-refractivity contribution in [2.75, 3.05) is 17.7 Å². The van der Waals surface area contributed by atoms with Crippen molar-refractivity contribution in [1.82, 2.24) is 5.32 Å². The lowest BCUT2D eigenvalue weighted by Gasteiger charge is -2.18. The third-order valence-electron chi connectivity index (χ3n) is 6.88. The lowest BCUT2D eigenvalue weighted by atomic mass is 10.1. The fraction of sp³-hybridized carbons (Fsp3) is 0.0541. The van der Waals surface area contributed by atoms with Crippen LogP contribution in [0.2, 0.25) is 10.0 Å². The molecule has 5 aromatic carbocycles. The van der Waals surface area contributed by atoms with E-state index in [1.165, 1.54) is 17.8 Å². The van der Waals surface area contributed by atoms with Gasteiger partial charge in [-0.15, -0.1) is 11.8 Å². The molecule has 0 aromatic heterocycles. The van der Waals surface area contributed by atoms with Gasteiger partial charge in [-0.2, -0.15) is 0 Å². The second kappa shape index (κ2) is 16.0. The van der Waals surface area contributed by atoms with Crippen molar-refractivity contribution < 1.29 is 19.1 Å². The number of anilines is 2. The summed E-state index contributed by atoms with van der Waals surface area (Å²) in [4.78, 5) is 40.8. The number of rotatable bonds is 11. The predicted octanol–water partition coefficient (Wildman–Crippen LogP) is 8.88. The number of benzene rings is 5. The summed E-state index contributed by atoms with van der Waals surface area (Å²) in [5, 5.41) is 8.59. The zero-order valence-corrected chi connectivity index (χ0v) is 27.4. The van der Waals surface area contributed by atoms with Crippen molar-refractivity contribution in [3.05, 3.63) is 160 Å². The number of nitrogens with one attached hydrogen (secondary N) is 3. The van der Waals surface area contributed by atoms with Crippen molar-refractivity contribution in [3.8, 4) is 5.75 Å². The highest BCUT2D eigenvalue weighted by Gasteiger charge is 2.23. The zero-order valence-electron chi connectivity index (χ0n) is 25.1. The quantitative estimate of drug-likeness (QED) is 0.0956. The largest absolute Gasteiger partial charge is 0.497 e. The molecular weight excluding hydrogens is 653 g/mol. The minimum atomic E-state index is -0.577. The molecular formula is C37H29Cl2N3O4S. The molecule has 0 radical (unpaired) electrons. The molecule has 3 amide bonds. The molecule has 0 aliphatic rings. The first kappa shape index (κ1) is 33.3. The zero-order chi connectivity index (χ0) is 33.2. The molecule has 1 unspecified atom stereocenters. The smallest absolute Gasteiger partial charge is 0.272 e. The van der Waals surface area contributed by atoms with Crippen LogP contribution in [0, 0.1) is 0 Å². The Labute approximate surface area is 287 Å². The van der Waals surface area contributed by atoms with Crippen LogP contribution in [0.25, 0.3) is 6.08 Å². The molecule has 0 bridgehead atoms. The van der Waals surface area contributed by atoms with Crippen LogP contribution in [0.3, 0.4) is 0 Å². The Kier molecular flexibility index (Phi) is 11.4. The topological polar surface area (TPSA) is 96.5 Å². The van der Waals surface area contributed by atoms with E-state index >= 15 is 0 Å². The number of thioether (sulfide) groups is 1. The Balaban J connectivity index is 1.34. The van der Waals surface area contributed by atoms with Gasteiger partial charge >= 0.3 is 0 Å². The molecule has 10 heteroatoms. The van der Waals surface area contributed by atoms with E-state index in [0.29, 0.717) is 38.3 Å². The molecule has 47 heavy (non-hydrogen) atoms. The summed E-state index contributed by atoms with van der Waals surface area (Å²) < 4.78 is 5.21. The summed E-state index contributed by atoms with van der Waals surface area (Å²) >= 11 is 14.1. The van der Waals surface area contributed by atoms with Crippen LogP contribution >= 0.6 is 35.0 Å². The van der Waals surface area contributed by atoms with Gasteiger partial charge in [0.25, 0.3) is 11.8 Å². The number of carbonyl (C=O) groups excluding carboxylic acids is 3. The molecule has 0 aliphatic carbocycles. The second-order valence-electron chi connectivity index (χ2n) is 10.1. The molecule has 0 fully saturated rings. The summed E-state index contributed by atoms with van der Waals surface area (Å²) in [5.41, 5.74) is 2.68. The van der Waals surface area contributed by atoms with E-state index in [4.69, 9.17) is 27.9 Å². The third-order valence-corrected chi connectivity index (χ3v) is 8.81. The number of hydrogen-bond acceptors (Lipinski definition) is 5. The van der Waals surface area contributed by atoms with Gasteiger partial charge in [-0.25, -0.2) is 0 Å². The maximum atomic E-state index is 13.5. The highest BCUT2D eigenvalue weighted by atomic mass is 35.5. The second-order valence-corrected chi connectivity index (χ2v) is 12.1. The minimum Gasteiger partial charge on any atom is -0.497 e. The standard InChI is InChI=1S/C37H29Cl2N3O4S/c1-46-28-19-15-26(16-20-28)41-37(45)34(24-9-4-2-5-10-24)47-29-21-17-27(18-22-29)40-36(44)33(23-30-31(38)13-8-14-32(30)39)42-35(43)25-11-6-3-7-12-25/h2-23,34H,1H3,(H,40,44)(H,41,45)(H,42,43)/b33-23-. The monoisotopic (exact) mass is 681 g/mol. The SMILES string of the molecule is COc1ccc(NC(=O)C(Sc2ccc(NC(=O)/C(=C/c3c(Cl)cccc3Cl)NC(=O)c3ccccc3)cc2)c2ccccc2)cc1. The number of hydrogen-bond donors (Lipinski definition) is 3. The number of carbonyl (C=O) groups is 3. The lowest BCUT2D eigenvalue weighted by molar-refractivity contribution is -0.116. The van der Waals surface area contributed by atoms with Crippen LogP contribution in [0.1, 0.15) is 26.7 Å².